The van der Waals surface area contributed by atoms with Crippen LogP contribution >= 0.6 is 86.1 Å². The number of hydrogen-bond donors (Lipinski definition) is 0. The predicted octanol–water partition coefficient (Wildman–Crippen LogP) is 5.59. The molecule has 2 heterocycles. The van der Waals surface area contributed by atoms with Crippen molar-refractivity contribution in [3.8, 4) is 0 Å². The Morgan fingerprint density at radius 2 is 1.14 bits per heavy atom. The molecule has 216 valence electrons. The van der Waals surface area contributed by atoms with Crippen molar-refractivity contribution < 1.29 is 22.8 Å². The Bertz CT molecular complexity index is 574. The van der Waals surface area contributed by atoms with E-state index in [0.29, 0.717) is 42.0 Å². The molecular weight excluding hydrogens is 1050 g/mol. The molecule has 12 heteroatoms. The number of aliphatic imine (C=N–C) groups is 2. The predicted molar refractivity (Wildman–Crippen MR) is 189 cm³/mol. The molecule has 0 aromatic rings. The molecule has 0 aromatic heterocycles. The first-order valence-corrected chi connectivity index (χ1v) is 31.1. The number of carbonyl (C=O) groups excluding carboxylic acids is 2. The Morgan fingerprint density at radius 1 is 0.806 bits per heavy atom. The van der Waals surface area contributed by atoms with Crippen LogP contribution in [-0.2, 0) is 9.59 Å². The molecule has 0 unspecified atom stereocenters. The van der Waals surface area contributed by atoms with Gasteiger partial charge in [0.1, 0.15) is 11.6 Å². The van der Waals surface area contributed by atoms with Gasteiger partial charge in [0.05, 0.1) is 5.84 Å². The first kappa shape index (κ1) is 42.7. The molecule has 0 spiro atoms. The summed E-state index contributed by atoms with van der Waals surface area (Å²) in [5.74, 6) is 2.92. The Labute approximate surface area is 279 Å². The maximum absolute atomic E-state index is 11.0. The number of nitrogens with zero attached hydrogens (tertiary/aromatic N) is 4. The summed E-state index contributed by atoms with van der Waals surface area (Å²) in [4.78, 5) is 35.0. The maximum atomic E-state index is 11.0. The van der Waals surface area contributed by atoms with Crippen LogP contribution in [0.4, 0.5) is 0 Å². The summed E-state index contributed by atoms with van der Waals surface area (Å²) in [6, 6.07) is 0. The van der Waals surface area contributed by atoms with Gasteiger partial charge < -0.3 is 19.4 Å². The third kappa shape index (κ3) is 23.0. The first-order valence-electron chi connectivity index (χ1n) is 11.9. The van der Waals surface area contributed by atoms with E-state index in [1.165, 1.54) is 0 Å². The Hall–Kier alpha value is 2.22. The van der Waals surface area contributed by atoms with E-state index in [1.54, 1.807) is 13.8 Å². The third-order valence-electron chi connectivity index (χ3n) is 5.78. The average Bonchev–Trinajstić information content (AvgIpc) is 2.82. The number of ketones is 2. The van der Waals surface area contributed by atoms with Crippen molar-refractivity contribution in [1.82, 2.24) is 9.80 Å². The van der Waals surface area contributed by atoms with Crippen molar-refractivity contribution in [3.05, 3.63) is 0 Å². The van der Waals surface area contributed by atoms with Gasteiger partial charge in [-0.2, -0.15) is 0 Å². The molecule has 2 aliphatic heterocycles. The van der Waals surface area contributed by atoms with Gasteiger partial charge in [-0.05, 0) is 83.7 Å². The number of Topliss-reactive ketones (excluding diaryl/α,β-unsaturated/α-hetero) is 2. The monoisotopic (exact) mass is 1090 g/mol. The molecular formula is C24H45ClI5N4O2-. The van der Waals surface area contributed by atoms with E-state index in [1.807, 2.05) is 6.92 Å². The van der Waals surface area contributed by atoms with Crippen LogP contribution < -0.4 is 13.3 Å². The van der Waals surface area contributed by atoms with Gasteiger partial charge in [0.25, 0.3) is 0 Å². The summed E-state index contributed by atoms with van der Waals surface area (Å²) in [5, 5.41) is 0.624. The molecule has 2 aliphatic rings. The van der Waals surface area contributed by atoms with Crippen LogP contribution in [0.2, 0.25) is 0 Å². The minimum absolute atomic E-state index is 0. The van der Waals surface area contributed by atoms with Crippen LogP contribution in [0.3, 0.4) is 0 Å². The number of likely N-dealkylation sites (tertiary alicyclic amines) is 2. The number of rotatable bonds is 6. The number of carbonyl (C=O) groups is 2. The molecule has 0 aromatic carbocycles. The van der Waals surface area contributed by atoms with Crippen molar-refractivity contribution in [1.29, 1.82) is 0 Å². The number of amidine groups is 2. The van der Waals surface area contributed by atoms with E-state index in [4.69, 9.17) is 11.6 Å². The summed E-state index contributed by atoms with van der Waals surface area (Å²) < 4.78 is 0. The van der Waals surface area contributed by atoms with Gasteiger partial charge in [0.15, 0.2) is 5.29 Å². The zero-order chi connectivity index (χ0) is 27.2. The van der Waals surface area contributed by atoms with Gasteiger partial charge in [-0.25, -0.2) is 0 Å². The van der Waals surface area contributed by atoms with E-state index >= 15 is 0 Å². The standard InChI is InChI=1S/C12H22N2O.C11H19ClN2O.CH4.I3.I2/c1-4-13-11(3)14-7-5-12(6-8-14)9-10(2)15;1-3-13-11(12)14-6-4-10(5-7-14)8-9(2)15;;1-3-2;1-2/h12H,4-9H2,1-3H3;10H,3-8H2,1-2H3;1H4;;/q;;;-1;. The van der Waals surface area contributed by atoms with Crippen molar-refractivity contribution in [2.75, 3.05) is 39.3 Å². The fraction of sp³-hybridized carbons (Fsp3) is 0.833. The normalized spacial score (nSPS) is 16.9. The molecule has 36 heavy (non-hydrogen) atoms. The molecule has 0 bridgehead atoms. The first-order chi connectivity index (χ1) is 16.7. The second-order valence-electron chi connectivity index (χ2n) is 8.49. The number of piperidine rings is 2. The molecule has 0 aliphatic carbocycles. The summed E-state index contributed by atoms with van der Waals surface area (Å²) in [5.41, 5.74) is 0. The van der Waals surface area contributed by atoms with Gasteiger partial charge in [0.2, 0.25) is 0 Å². The van der Waals surface area contributed by atoms with E-state index in [0.717, 1.165) is 83.6 Å². The number of halogens is 6. The van der Waals surface area contributed by atoms with Crippen LogP contribution in [0.25, 0.3) is 0 Å². The molecule has 0 amide bonds. The zero-order valence-electron chi connectivity index (χ0n) is 21.5. The molecule has 2 rings (SSSR count). The topological polar surface area (TPSA) is 65.3 Å². The van der Waals surface area contributed by atoms with E-state index in [9.17, 15) is 9.59 Å². The zero-order valence-corrected chi connectivity index (χ0v) is 33.1. The Kier molecular flexibility index (Phi) is 34.1. The molecule has 0 atom stereocenters. The molecule has 0 saturated carbocycles. The molecule has 0 radical (unpaired) electrons. The molecule has 0 N–H and O–H groups in total. The Morgan fingerprint density at radius 3 is 1.44 bits per heavy atom. The van der Waals surface area contributed by atoms with Crippen LogP contribution in [0.15, 0.2) is 9.98 Å². The van der Waals surface area contributed by atoms with Crippen LogP contribution in [0, 0.1) is 11.8 Å². The van der Waals surface area contributed by atoms with E-state index < -0.39 is 0 Å². The van der Waals surface area contributed by atoms with Crippen molar-refractivity contribution >= 4 is 109 Å². The molecule has 2 saturated heterocycles. The van der Waals surface area contributed by atoms with E-state index in [2.05, 4.69) is 108 Å². The van der Waals surface area contributed by atoms with Gasteiger partial charge in [-0.3, -0.25) is 9.98 Å². The average molecular weight is 1090 g/mol. The second-order valence-corrected chi connectivity index (χ2v) is 25.1. The summed E-state index contributed by atoms with van der Waals surface area (Å²) >= 11 is 15.6. The van der Waals surface area contributed by atoms with E-state index in [-0.39, 0.29) is 7.43 Å². The Balaban J connectivity index is -0.000000501. The fourth-order valence-corrected chi connectivity index (χ4v) is 4.44. The summed E-state index contributed by atoms with van der Waals surface area (Å²) in [7, 11) is 0. The van der Waals surface area contributed by atoms with Crippen molar-refractivity contribution in [2.24, 2.45) is 21.8 Å². The van der Waals surface area contributed by atoms with Crippen LogP contribution in [0.5, 0.6) is 0 Å². The van der Waals surface area contributed by atoms with Gasteiger partial charge in [-0.1, -0.05) is 7.43 Å². The molecule has 6 nitrogen and oxygen atoms in total. The van der Waals surface area contributed by atoms with Gasteiger partial charge >= 0.3 is 50.5 Å². The summed E-state index contributed by atoms with van der Waals surface area (Å²) in [6.45, 7) is 15.0. The van der Waals surface area contributed by atoms with Gasteiger partial charge in [-0.15, -0.1) is 0 Å². The van der Waals surface area contributed by atoms with Crippen molar-refractivity contribution in [2.45, 2.75) is 80.6 Å². The van der Waals surface area contributed by atoms with Gasteiger partial charge in [0, 0.05) is 89.3 Å². The second kappa shape index (κ2) is 28.7. The quantitative estimate of drug-likeness (QED) is 0.151. The van der Waals surface area contributed by atoms with Crippen LogP contribution in [-0.4, -0.2) is 71.8 Å². The SMILES string of the molecule is C.CCN=C(C)N1CCC(CC(C)=O)CC1.CCN=C(Cl)N1CCC(CC(C)=O)CC1.II.I[I-]I. The number of hydrogen-bond acceptors (Lipinski definition) is 4. The third-order valence-corrected chi connectivity index (χ3v) is 6.13. The van der Waals surface area contributed by atoms with Crippen LogP contribution in [0.1, 0.15) is 80.6 Å². The van der Waals surface area contributed by atoms with Crippen molar-refractivity contribution in [3.63, 3.8) is 0 Å². The molecule has 2 fully saturated rings. The fourth-order valence-electron chi connectivity index (χ4n) is 4.15. The summed E-state index contributed by atoms with van der Waals surface area (Å²) in [6.07, 6.45) is 5.85. The minimum atomic E-state index is 0.